The third kappa shape index (κ3) is 2.26. The fourth-order valence-corrected chi connectivity index (χ4v) is 8.31. The highest BCUT2D eigenvalue weighted by atomic mass is 16.6. The van der Waals surface area contributed by atoms with Crippen molar-refractivity contribution in [2.24, 2.45) is 46.8 Å². The second-order valence-electron chi connectivity index (χ2n) is 10.6. The predicted octanol–water partition coefficient (Wildman–Crippen LogP) is 5.76. The Hall–Kier alpha value is -0.790. The molecule has 144 valence electrons. The second kappa shape index (κ2) is 5.85. The average Bonchev–Trinajstić information content (AvgIpc) is 3.38. The average molecular weight is 357 g/mol. The van der Waals surface area contributed by atoms with Gasteiger partial charge in [0, 0.05) is 0 Å². The summed E-state index contributed by atoms with van der Waals surface area (Å²) in [6.45, 7) is 7.16. The van der Waals surface area contributed by atoms with Crippen molar-refractivity contribution in [2.75, 3.05) is 0 Å². The molecule has 4 saturated carbocycles. The monoisotopic (exact) mass is 356 g/mol. The van der Waals surface area contributed by atoms with Gasteiger partial charge >= 0.3 is 5.97 Å². The van der Waals surface area contributed by atoms with Crippen LogP contribution in [0.25, 0.3) is 0 Å². The molecule has 26 heavy (non-hydrogen) atoms. The van der Waals surface area contributed by atoms with E-state index in [1.54, 1.807) is 0 Å². The molecular formula is C24H36O2. The number of ether oxygens (including phenoxy) is 1. The molecule has 0 aromatic carbocycles. The van der Waals surface area contributed by atoms with E-state index in [2.05, 4.69) is 32.9 Å². The summed E-state index contributed by atoms with van der Waals surface area (Å²) in [4.78, 5) is 13.1. The van der Waals surface area contributed by atoms with E-state index in [1.165, 1.54) is 25.7 Å². The van der Waals surface area contributed by atoms with E-state index in [4.69, 9.17) is 4.74 Å². The van der Waals surface area contributed by atoms with Crippen molar-refractivity contribution in [3.05, 3.63) is 12.2 Å². The first kappa shape index (κ1) is 17.3. The van der Waals surface area contributed by atoms with Gasteiger partial charge in [0.15, 0.2) is 0 Å². The highest BCUT2D eigenvalue weighted by Gasteiger charge is 2.66. The quantitative estimate of drug-likeness (QED) is 0.474. The number of fused-ring (bicyclic) bond motifs is 6. The molecule has 0 saturated heterocycles. The van der Waals surface area contributed by atoms with E-state index in [-0.39, 0.29) is 17.5 Å². The Kier molecular flexibility index (Phi) is 3.90. The Morgan fingerprint density at radius 1 is 1.12 bits per heavy atom. The number of hydrogen-bond acceptors (Lipinski definition) is 2. The molecular weight excluding hydrogens is 320 g/mol. The predicted molar refractivity (Wildman–Crippen MR) is 103 cm³/mol. The topological polar surface area (TPSA) is 26.3 Å². The maximum absolute atomic E-state index is 13.1. The summed E-state index contributed by atoms with van der Waals surface area (Å²) in [5.41, 5.74) is 0.302. The van der Waals surface area contributed by atoms with Crippen molar-refractivity contribution >= 4 is 5.97 Å². The van der Waals surface area contributed by atoms with E-state index >= 15 is 0 Å². The maximum atomic E-state index is 13.1. The second-order valence-corrected chi connectivity index (χ2v) is 10.6. The van der Waals surface area contributed by atoms with Gasteiger partial charge in [0.1, 0.15) is 5.60 Å². The number of carbonyl (C=O) groups excluding carboxylic acids is 1. The van der Waals surface area contributed by atoms with Crippen molar-refractivity contribution in [3.8, 4) is 0 Å². The molecule has 0 radical (unpaired) electrons. The van der Waals surface area contributed by atoms with E-state index in [0.29, 0.717) is 11.3 Å². The van der Waals surface area contributed by atoms with Crippen LogP contribution < -0.4 is 0 Å². The Balaban J connectivity index is 1.29. The lowest BCUT2D eigenvalue weighted by atomic mass is 9.58. The van der Waals surface area contributed by atoms with Crippen LogP contribution in [0.1, 0.15) is 78.6 Å². The normalized spacial score (nSPS) is 54.3. The van der Waals surface area contributed by atoms with Gasteiger partial charge in [-0.15, -0.1) is 0 Å². The van der Waals surface area contributed by atoms with Gasteiger partial charge in [-0.3, -0.25) is 4.79 Å². The van der Waals surface area contributed by atoms with Crippen LogP contribution in [0.4, 0.5) is 0 Å². The molecule has 0 heterocycles. The standard InChI is InChI=1S/C24H36O2/c1-4-23(8-6-5-7-9-23)26-22(25)20-12-19-10-18(20)14-24(19)13-17-11-21(24)16(3)15(17)2/h6,8,15-21H,4-5,7,9-14H2,1-3H3. The molecule has 0 N–H and O–H groups in total. The smallest absolute Gasteiger partial charge is 0.310 e. The minimum Gasteiger partial charge on any atom is -0.455 e. The Morgan fingerprint density at radius 2 is 1.92 bits per heavy atom. The molecule has 9 unspecified atom stereocenters. The van der Waals surface area contributed by atoms with Gasteiger partial charge < -0.3 is 4.74 Å². The van der Waals surface area contributed by atoms with E-state index in [9.17, 15) is 4.79 Å². The lowest BCUT2D eigenvalue weighted by Gasteiger charge is -2.47. The van der Waals surface area contributed by atoms with E-state index in [1.807, 2.05) is 0 Å². The van der Waals surface area contributed by atoms with Crippen molar-refractivity contribution in [2.45, 2.75) is 84.2 Å². The van der Waals surface area contributed by atoms with Crippen molar-refractivity contribution in [3.63, 3.8) is 0 Å². The van der Waals surface area contributed by atoms with Crippen LogP contribution in [0.2, 0.25) is 0 Å². The van der Waals surface area contributed by atoms with Gasteiger partial charge in [-0.1, -0.05) is 26.8 Å². The highest BCUT2D eigenvalue weighted by Crippen LogP contribution is 2.73. The minimum atomic E-state index is -0.300. The molecule has 2 nitrogen and oxygen atoms in total. The molecule has 4 bridgehead atoms. The van der Waals surface area contributed by atoms with Crippen LogP contribution in [-0.4, -0.2) is 11.6 Å². The molecule has 5 rings (SSSR count). The van der Waals surface area contributed by atoms with Gasteiger partial charge in [-0.25, -0.2) is 0 Å². The summed E-state index contributed by atoms with van der Waals surface area (Å²) in [6, 6.07) is 0. The molecule has 0 aromatic rings. The molecule has 2 heteroatoms. The molecule has 0 aliphatic heterocycles. The summed E-state index contributed by atoms with van der Waals surface area (Å²) in [6.07, 6.45) is 15.3. The van der Waals surface area contributed by atoms with Crippen molar-refractivity contribution < 1.29 is 9.53 Å². The van der Waals surface area contributed by atoms with Gasteiger partial charge in [0.05, 0.1) is 5.92 Å². The number of rotatable bonds is 3. The Labute approximate surface area is 159 Å². The zero-order valence-electron chi connectivity index (χ0n) is 16.9. The summed E-state index contributed by atoms with van der Waals surface area (Å²) < 4.78 is 6.19. The first-order valence-electron chi connectivity index (χ1n) is 11.4. The van der Waals surface area contributed by atoms with E-state index in [0.717, 1.165) is 61.7 Å². The Morgan fingerprint density at radius 3 is 2.50 bits per heavy atom. The fourth-order valence-electron chi connectivity index (χ4n) is 8.31. The van der Waals surface area contributed by atoms with Crippen molar-refractivity contribution in [1.82, 2.24) is 0 Å². The van der Waals surface area contributed by atoms with Gasteiger partial charge in [-0.2, -0.15) is 0 Å². The highest BCUT2D eigenvalue weighted by molar-refractivity contribution is 5.74. The molecule has 5 aliphatic rings. The van der Waals surface area contributed by atoms with Crippen LogP contribution in [-0.2, 0) is 9.53 Å². The number of allylic oxidation sites excluding steroid dienone is 1. The number of hydrogen-bond donors (Lipinski definition) is 0. The first-order valence-corrected chi connectivity index (χ1v) is 11.4. The van der Waals surface area contributed by atoms with Crippen LogP contribution >= 0.6 is 0 Å². The third-order valence-corrected chi connectivity index (χ3v) is 9.89. The third-order valence-electron chi connectivity index (χ3n) is 9.89. The summed E-state index contributed by atoms with van der Waals surface area (Å²) in [5, 5.41) is 0. The lowest BCUT2D eigenvalue weighted by molar-refractivity contribution is -0.165. The minimum absolute atomic E-state index is 0.130. The molecule has 9 atom stereocenters. The number of carbonyl (C=O) groups is 1. The van der Waals surface area contributed by atoms with Gasteiger partial charge in [0.25, 0.3) is 0 Å². The zero-order chi connectivity index (χ0) is 18.1. The SMILES string of the molecule is CCC1(OC(=O)C2CC3CC2CC32CC3CC2C(C)C3C)C=CCCC1. The number of esters is 1. The first-order chi connectivity index (χ1) is 12.5. The lowest BCUT2D eigenvalue weighted by Crippen LogP contribution is -2.43. The van der Waals surface area contributed by atoms with Gasteiger partial charge in [0.2, 0.25) is 0 Å². The van der Waals surface area contributed by atoms with Crippen LogP contribution in [0.3, 0.4) is 0 Å². The fraction of sp³-hybridized carbons (Fsp3) is 0.875. The molecule has 1 spiro atoms. The van der Waals surface area contributed by atoms with Crippen LogP contribution in [0.15, 0.2) is 12.2 Å². The maximum Gasteiger partial charge on any atom is 0.310 e. The van der Waals surface area contributed by atoms with Crippen LogP contribution in [0.5, 0.6) is 0 Å². The summed E-state index contributed by atoms with van der Waals surface area (Å²) in [7, 11) is 0. The largest absolute Gasteiger partial charge is 0.455 e. The molecule has 0 amide bonds. The molecule has 5 aliphatic carbocycles. The summed E-state index contributed by atoms with van der Waals surface area (Å²) in [5.74, 6) is 5.46. The molecule has 0 aromatic heterocycles. The van der Waals surface area contributed by atoms with E-state index < -0.39 is 0 Å². The Bertz CT molecular complexity index is 622. The van der Waals surface area contributed by atoms with Crippen molar-refractivity contribution in [1.29, 1.82) is 0 Å². The van der Waals surface area contributed by atoms with Crippen LogP contribution in [0, 0.1) is 46.8 Å². The van der Waals surface area contributed by atoms with Gasteiger partial charge in [-0.05, 0) is 105 Å². The molecule has 4 fully saturated rings. The zero-order valence-corrected chi connectivity index (χ0v) is 16.9. The summed E-state index contributed by atoms with van der Waals surface area (Å²) >= 11 is 0.